The van der Waals surface area contributed by atoms with E-state index in [1.807, 2.05) is 0 Å². The van der Waals surface area contributed by atoms with Crippen LogP contribution in [0.25, 0.3) is 0 Å². The quantitative estimate of drug-likeness (QED) is 0.437. The molecule has 0 radical (unpaired) electrons. The number of hydrogen-bond acceptors (Lipinski definition) is 2. The Morgan fingerprint density at radius 2 is 2.11 bits per heavy atom. The van der Waals surface area contributed by atoms with Gasteiger partial charge in [-0.15, -0.1) is 14.1 Å². The molecule has 0 fully saturated rings. The summed E-state index contributed by atoms with van der Waals surface area (Å²) in [4.78, 5) is 0. The van der Waals surface area contributed by atoms with Crippen molar-refractivity contribution in [3.05, 3.63) is 0 Å². The van der Waals surface area contributed by atoms with Crippen molar-refractivity contribution in [2.75, 3.05) is 18.7 Å². The van der Waals surface area contributed by atoms with Gasteiger partial charge in [-0.25, -0.2) is 8.42 Å². The molecule has 0 aliphatic carbocycles. The fourth-order valence-corrected chi connectivity index (χ4v) is 1.85. The molecule has 9 heavy (non-hydrogen) atoms. The van der Waals surface area contributed by atoms with E-state index < -0.39 is 10.0 Å². The van der Waals surface area contributed by atoms with Crippen LogP contribution >= 0.6 is 34.5 Å². The fourth-order valence-electron chi connectivity index (χ4n) is 0.223. The van der Waals surface area contributed by atoms with E-state index in [0.29, 0.717) is 0 Å². The summed E-state index contributed by atoms with van der Waals surface area (Å²) in [6.45, 7) is 0. The van der Waals surface area contributed by atoms with Gasteiger partial charge in [0.1, 0.15) is 0 Å². The zero-order valence-electron chi connectivity index (χ0n) is 4.84. The minimum atomic E-state index is -3.06. The average molecular weight is 284 g/mol. The molecule has 0 saturated heterocycles. The molecule has 0 spiro atoms. The van der Waals surface area contributed by atoms with Gasteiger partial charge < -0.3 is 0 Å². The van der Waals surface area contributed by atoms with Crippen LogP contribution in [0.15, 0.2) is 0 Å². The van der Waals surface area contributed by atoms with Crippen LogP contribution in [0.2, 0.25) is 0 Å². The molecule has 0 aromatic carbocycles. The van der Waals surface area contributed by atoms with E-state index in [4.69, 9.17) is 11.6 Å². The summed E-state index contributed by atoms with van der Waals surface area (Å²) in [7, 11) is -1.59. The lowest BCUT2D eigenvalue weighted by atomic mass is 11.0. The van der Waals surface area contributed by atoms with Crippen molar-refractivity contribution in [1.82, 2.24) is 2.52 Å². The third-order valence-electron chi connectivity index (χ3n) is 0.718. The van der Waals surface area contributed by atoms with Gasteiger partial charge in [-0.2, -0.15) is 0 Å². The van der Waals surface area contributed by atoms with Gasteiger partial charge in [-0.3, -0.25) is 0 Å². The highest BCUT2D eigenvalue weighted by Crippen LogP contribution is 2.04. The molecule has 6 heteroatoms. The topological polar surface area (TPSA) is 37.4 Å². The molecule has 0 aliphatic heterocycles. The lowest BCUT2D eigenvalue weighted by Crippen LogP contribution is -2.20. The van der Waals surface area contributed by atoms with Crippen molar-refractivity contribution in [2.24, 2.45) is 0 Å². The molecular weight excluding hydrogens is 276 g/mol. The van der Waals surface area contributed by atoms with E-state index in [2.05, 4.69) is 0 Å². The van der Waals surface area contributed by atoms with E-state index in [1.54, 1.807) is 22.9 Å². The van der Waals surface area contributed by atoms with Crippen LogP contribution in [0.4, 0.5) is 0 Å². The van der Waals surface area contributed by atoms with Gasteiger partial charge in [0.15, 0.2) is 0 Å². The Balaban J connectivity index is 4.05. The van der Waals surface area contributed by atoms with E-state index in [9.17, 15) is 8.42 Å². The molecule has 0 saturated carbocycles. The predicted octanol–water partition coefficient (Wildman–Crippen LogP) is 0.837. The maximum Gasteiger partial charge on any atom is 0.223 e. The van der Waals surface area contributed by atoms with Crippen LogP contribution in [0.3, 0.4) is 0 Å². The maximum absolute atomic E-state index is 10.8. The van der Waals surface area contributed by atoms with E-state index in [-0.39, 0.29) is 11.6 Å². The highest BCUT2D eigenvalue weighted by atomic mass is 127. The molecule has 0 N–H and O–H groups in total. The maximum atomic E-state index is 10.8. The first-order chi connectivity index (χ1) is 4.00. The number of alkyl halides is 1. The third-order valence-corrected chi connectivity index (χ3v) is 4.42. The summed E-state index contributed by atoms with van der Waals surface area (Å²) in [5.74, 6) is 0.156. The zero-order valence-corrected chi connectivity index (χ0v) is 8.57. The molecule has 56 valence electrons. The summed E-state index contributed by atoms with van der Waals surface area (Å²) in [6, 6.07) is 0. The van der Waals surface area contributed by atoms with Gasteiger partial charge in [-0.1, -0.05) is 0 Å². The van der Waals surface area contributed by atoms with Crippen molar-refractivity contribution in [3.63, 3.8) is 0 Å². The molecule has 0 unspecified atom stereocenters. The van der Waals surface area contributed by atoms with Crippen molar-refractivity contribution >= 4 is 44.5 Å². The fraction of sp³-hybridized carbons (Fsp3) is 1.00. The lowest BCUT2D eigenvalue weighted by molar-refractivity contribution is 0.572. The van der Waals surface area contributed by atoms with Crippen molar-refractivity contribution in [3.8, 4) is 0 Å². The summed E-state index contributed by atoms with van der Waals surface area (Å²) in [5, 5.41) is 0. The monoisotopic (exact) mass is 283 g/mol. The molecule has 0 amide bonds. The third kappa shape index (κ3) is 3.59. The Kier molecular flexibility index (Phi) is 4.35. The Hall–Kier alpha value is 0.930. The largest absolute Gasteiger partial charge is 0.223 e. The first-order valence-electron chi connectivity index (χ1n) is 2.19. The van der Waals surface area contributed by atoms with Gasteiger partial charge in [0, 0.05) is 35.8 Å². The second kappa shape index (κ2) is 3.95. The predicted molar refractivity (Wildman–Crippen MR) is 46.3 cm³/mol. The molecule has 0 aliphatic rings. The molecule has 0 aromatic rings. The Morgan fingerprint density at radius 3 is 2.22 bits per heavy atom. The van der Waals surface area contributed by atoms with Gasteiger partial charge in [0.25, 0.3) is 0 Å². The second-order valence-electron chi connectivity index (χ2n) is 1.40. The van der Waals surface area contributed by atoms with Gasteiger partial charge in [0.05, 0.1) is 5.75 Å². The highest BCUT2D eigenvalue weighted by molar-refractivity contribution is 14.1. The summed E-state index contributed by atoms with van der Waals surface area (Å²) in [5.41, 5.74) is 0. The second-order valence-corrected chi connectivity index (χ2v) is 6.00. The van der Waals surface area contributed by atoms with Crippen LogP contribution < -0.4 is 0 Å². The Labute approximate surface area is 73.9 Å². The molecule has 0 rings (SSSR count). The Bertz CT molecular complexity index is 167. The van der Waals surface area contributed by atoms with Gasteiger partial charge in [-0.05, 0) is 0 Å². The van der Waals surface area contributed by atoms with Crippen LogP contribution in [0.1, 0.15) is 0 Å². The van der Waals surface area contributed by atoms with Crippen LogP contribution in [0.5, 0.6) is 0 Å². The minimum Gasteiger partial charge on any atom is -0.211 e. The number of halogens is 2. The summed E-state index contributed by atoms with van der Waals surface area (Å²) < 4.78 is 22.7. The Morgan fingerprint density at radius 1 is 1.67 bits per heavy atom. The molecule has 0 bridgehead atoms. The first kappa shape index (κ1) is 9.93. The molecule has 0 atom stereocenters. The first-order valence-corrected chi connectivity index (χ1v) is 5.30. The highest BCUT2D eigenvalue weighted by Gasteiger charge is 2.12. The van der Waals surface area contributed by atoms with E-state index in [1.165, 1.54) is 7.05 Å². The number of rotatable bonds is 3. The van der Waals surface area contributed by atoms with Gasteiger partial charge >= 0.3 is 0 Å². The van der Waals surface area contributed by atoms with Crippen LogP contribution in [0, 0.1) is 0 Å². The minimum absolute atomic E-state index is 0.00793. The summed E-state index contributed by atoms with van der Waals surface area (Å²) >= 11 is 6.92. The number of sulfonamides is 1. The van der Waals surface area contributed by atoms with E-state index in [0.717, 1.165) is 2.52 Å². The molecule has 0 aromatic heterocycles. The number of hydrogen-bond donors (Lipinski definition) is 0. The smallest absolute Gasteiger partial charge is 0.211 e. The average Bonchev–Trinajstić information content (AvgIpc) is 1.65. The van der Waals surface area contributed by atoms with Crippen molar-refractivity contribution in [1.29, 1.82) is 0 Å². The molecular formula is C3H7ClINO2S. The molecule has 3 nitrogen and oxygen atoms in total. The normalized spacial score (nSPS) is 12.4. The summed E-state index contributed by atoms with van der Waals surface area (Å²) in [6.07, 6.45) is 0. The van der Waals surface area contributed by atoms with Crippen LogP contribution in [-0.4, -0.2) is 29.6 Å². The van der Waals surface area contributed by atoms with Gasteiger partial charge in [0.2, 0.25) is 10.0 Å². The SMILES string of the molecule is CN(I)S(=O)(=O)CCCl. The standard InChI is InChI=1S/C3H7ClINO2S/c1-6(5)9(7,8)3-2-4/h2-3H2,1H3. The zero-order chi connectivity index (χ0) is 7.49. The van der Waals surface area contributed by atoms with E-state index >= 15 is 0 Å². The number of nitrogens with zero attached hydrogens (tertiary/aromatic N) is 1. The lowest BCUT2D eigenvalue weighted by Gasteiger charge is -2.05. The van der Waals surface area contributed by atoms with Crippen molar-refractivity contribution in [2.45, 2.75) is 0 Å². The van der Waals surface area contributed by atoms with Crippen molar-refractivity contribution < 1.29 is 8.42 Å². The van der Waals surface area contributed by atoms with Crippen LogP contribution in [-0.2, 0) is 10.0 Å². The molecule has 0 heterocycles.